The van der Waals surface area contributed by atoms with E-state index in [9.17, 15) is 13.5 Å². The molecule has 0 fully saturated rings. The van der Waals surface area contributed by atoms with Crippen molar-refractivity contribution in [3.8, 4) is 11.1 Å². The molecule has 0 aliphatic heterocycles. The van der Waals surface area contributed by atoms with Crippen LogP contribution in [0.4, 0.5) is 0 Å². The smallest absolute Gasteiger partial charge is 0.248 e. The SMILES string of the molecule is Cc1c(CC(C)C)sc(S(N)(=O)=O)c1-c1ccc(Cn2ccnc2C(C)(C)O)cc1. The molecule has 0 saturated heterocycles. The molecule has 0 aliphatic carbocycles. The Hall–Kier alpha value is -2.00. The van der Waals surface area contributed by atoms with Gasteiger partial charge in [0.2, 0.25) is 10.0 Å². The Bertz CT molecular complexity index is 1140. The van der Waals surface area contributed by atoms with Crippen LogP contribution in [0.25, 0.3) is 11.1 Å². The second kappa shape index (κ2) is 8.26. The molecule has 6 nitrogen and oxygen atoms in total. The van der Waals surface area contributed by atoms with E-state index < -0.39 is 15.6 Å². The van der Waals surface area contributed by atoms with Crippen molar-refractivity contribution in [2.45, 2.75) is 57.4 Å². The molecule has 0 aliphatic rings. The number of primary sulfonamides is 1. The van der Waals surface area contributed by atoms with Gasteiger partial charge < -0.3 is 9.67 Å². The Labute approximate surface area is 182 Å². The predicted octanol–water partition coefficient (Wildman–Crippen LogP) is 4.04. The first-order valence-electron chi connectivity index (χ1n) is 9.86. The van der Waals surface area contributed by atoms with Crippen molar-refractivity contribution in [1.29, 1.82) is 0 Å². The number of aliphatic hydroxyl groups is 1. The lowest BCUT2D eigenvalue weighted by Crippen LogP contribution is -2.22. The third kappa shape index (κ3) is 4.83. The summed E-state index contributed by atoms with van der Waals surface area (Å²) in [5, 5.41) is 15.8. The summed E-state index contributed by atoms with van der Waals surface area (Å²) in [4.78, 5) is 5.32. The van der Waals surface area contributed by atoms with Crippen molar-refractivity contribution in [1.82, 2.24) is 9.55 Å². The van der Waals surface area contributed by atoms with Crippen LogP contribution < -0.4 is 5.14 Å². The molecular weight excluding hydrogens is 418 g/mol. The first kappa shape index (κ1) is 22.7. The van der Waals surface area contributed by atoms with Gasteiger partial charge in [0.05, 0.1) is 0 Å². The van der Waals surface area contributed by atoms with Gasteiger partial charge in [-0.25, -0.2) is 18.5 Å². The molecule has 2 heterocycles. The van der Waals surface area contributed by atoms with Gasteiger partial charge in [0.25, 0.3) is 0 Å². The van der Waals surface area contributed by atoms with Gasteiger partial charge in [0, 0.05) is 29.4 Å². The summed E-state index contributed by atoms with van der Waals surface area (Å²) in [5.74, 6) is 1.01. The summed E-state index contributed by atoms with van der Waals surface area (Å²) in [6.45, 7) is 10.2. The normalized spacial score (nSPS) is 12.7. The number of nitrogens with zero attached hydrogens (tertiary/aromatic N) is 2. The van der Waals surface area contributed by atoms with E-state index in [0.29, 0.717) is 23.9 Å². The summed E-state index contributed by atoms with van der Waals surface area (Å²) in [6, 6.07) is 7.79. The van der Waals surface area contributed by atoms with Crippen molar-refractivity contribution in [2.24, 2.45) is 11.1 Å². The molecule has 30 heavy (non-hydrogen) atoms. The van der Waals surface area contributed by atoms with Crippen LogP contribution in [0, 0.1) is 12.8 Å². The van der Waals surface area contributed by atoms with Gasteiger partial charge in [-0.05, 0) is 49.8 Å². The molecule has 0 saturated carbocycles. The lowest BCUT2D eigenvalue weighted by Gasteiger charge is -2.18. The lowest BCUT2D eigenvalue weighted by molar-refractivity contribution is 0.0652. The van der Waals surface area contributed by atoms with Gasteiger partial charge in [-0.1, -0.05) is 38.1 Å². The summed E-state index contributed by atoms with van der Waals surface area (Å²) in [5.41, 5.74) is 2.50. The zero-order valence-electron chi connectivity index (χ0n) is 18.0. The monoisotopic (exact) mass is 447 g/mol. The molecule has 8 heteroatoms. The van der Waals surface area contributed by atoms with E-state index in [4.69, 9.17) is 5.14 Å². The minimum Gasteiger partial charge on any atom is -0.383 e. The second-order valence-electron chi connectivity index (χ2n) is 8.59. The van der Waals surface area contributed by atoms with Gasteiger partial charge in [0.15, 0.2) is 0 Å². The molecule has 0 amide bonds. The first-order chi connectivity index (χ1) is 13.9. The largest absolute Gasteiger partial charge is 0.383 e. The molecule has 3 rings (SSSR count). The minimum atomic E-state index is -3.81. The van der Waals surface area contributed by atoms with Crippen molar-refractivity contribution in [3.05, 3.63) is 58.5 Å². The summed E-state index contributed by atoms with van der Waals surface area (Å²) in [6.07, 6.45) is 4.32. The average molecular weight is 448 g/mol. The van der Waals surface area contributed by atoms with Gasteiger partial charge in [-0.3, -0.25) is 0 Å². The number of nitrogens with two attached hydrogens (primary N) is 1. The minimum absolute atomic E-state index is 0.224. The third-order valence-corrected chi connectivity index (χ3v) is 7.70. The Morgan fingerprint density at radius 1 is 1.23 bits per heavy atom. The molecule has 0 spiro atoms. The molecule has 3 aromatic rings. The van der Waals surface area contributed by atoms with Gasteiger partial charge >= 0.3 is 0 Å². The number of rotatable bonds is 7. The highest BCUT2D eigenvalue weighted by atomic mass is 32.2. The Morgan fingerprint density at radius 3 is 2.40 bits per heavy atom. The van der Waals surface area contributed by atoms with Crippen LogP contribution in [-0.2, 0) is 28.6 Å². The van der Waals surface area contributed by atoms with Crippen molar-refractivity contribution in [2.75, 3.05) is 0 Å². The summed E-state index contributed by atoms with van der Waals surface area (Å²) < 4.78 is 26.6. The van der Waals surface area contributed by atoms with E-state index in [1.807, 2.05) is 42.0 Å². The zero-order valence-corrected chi connectivity index (χ0v) is 19.6. The Balaban J connectivity index is 1.97. The zero-order chi connectivity index (χ0) is 22.3. The van der Waals surface area contributed by atoms with Crippen LogP contribution in [0.5, 0.6) is 0 Å². The topological polar surface area (TPSA) is 98.2 Å². The lowest BCUT2D eigenvalue weighted by atomic mass is 9.99. The first-order valence-corrected chi connectivity index (χ1v) is 12.2. The maximum absolute atomic E-state index is 12.2. The number of hydrogen-bond acceptors (Lipinski definition) is 5. The molecule has 2 aromatic heterocycles. The summed E-state index contributed by atoms with van der Waals surface area (Å²) >= 11 is 1.28. The van der Waals surface area contributed by atoms with E-state index in [2.05, 4.69) is 18.8 Å². The number of benzene rings is 1. The number of sulfonamides is 1. The van der Waals surface area contributed by atoms with Crippen molar-refractivity contribution >= 4 is 21.4 Å². The maximum atomic E-state index is 12.2. The number of imidazole rings is 1. The molecule has 1 aromatic carbocycles. The number of aromatic nitrogens is 2. The second-order valence-corrected chi connectivity index (χ2v) is 11.5. The highest BCUT2D eigenvalue weighted by molar-refractivity contribution is 7.91. The van der Waals surface area contributed by atoms with Crippen molar-refractivity contribution < 1.29 is 13.5 Å². The van der Waals surface area contributed by atoms with Crippen LogP contribution in [0.3, 0.4) is 0 Å². The van der Waals surface area contributed by atoms with Crippen LogP contribution in [0.15, 0.2) is 40.9 Å². The Morgan fingerprint density at radius 2 is 1.87 bits per heavy atom. The van der Waals surface area contributed by atoms with Crippen LogP contribution in [-0.4, -0.2) is 23.1 Å². The fourth-order valence-corrected chi connectivity index (χ4v) is 6.16. The quantitative estimate of drug-likeness (QED) is 0.571. The van der Waals surface area contributed by atoms with Gasteiger partial charge in [0.1, 0.15) is 15.6 Å². The van der Waals surface area contributed by atoms with E-state index in [1.54, 1.807) is 20.0 Å². The fraction of sp³-hybridized carbons (Fsp3) is 0.409. The molecular formula is C22H29N3O3S2. The highest BCUT2D eigenvalue weighted by Gasteiger charge is 2.25. The van der Waals surface area contributed by atoms with E-state index >= 15 is 0 Å². The molecule has 0 atom stereocenters. The number of hydrogen-bond donors (Lipinski definition) is 2. The molecule has 3 N–H and O–H groups in total. The van der Waals surface area contributed by atoms with Crippen molar-refractivity contribution in [3.63, 3.8) is 0 Å². The van der Waals surface area contributed by atoms with Gasteiger partial charge in [-0.15, -0.1) is 11.3 Å². The number of thiophene rings is 1. The Kier molecular flexibility index (Phi) is 6.25. The summed E-state index contributed by atoms with van der Waals surface area (Å²) in [7, 11) is -3.81. The van der Waals surface area contributed by atoms with E-state index in [-0.39, 0.29) is 4.21 Å². The average Bonchev–Trinajstić information content (AvgIpc) is 3.20. The molecule has 0 bridgehead atoms. The third-order valence-electron chi connectivity index (χ3n) is 4.92. The molecule has 0 unspecified atom stereocenters. The molecule has 0 radical (unpaired) electrons. The van der Waals surface area contributed by atoms with Gasteiger partial charge in [-0.2, -0.15) is 0 Å². The van der Waals surface area contributed by atoms with E-state index in [0.717, 1.165) is 28.0 Å². The molecule has 162 valence electrons. The standard InChI is InChI=1S/C22H29N3O3S2/c1-14(2)12-18-15(3)19(20(29-18)30(23,27)28)17-8-6-16(7-9-17)13-25-11-10-24-21(25)22(4,5)26/h6-11,14,26H,12-13H2,1-5H3,(H2,23,27,28). The van der Waals surface area contributed by atoms with Crippen LogP contribution in [0.2, 0.25) is 0 Å². The fourth-order valence-electron chi connectivity index (χ4n) is 3.57. The highest BCUT2D eigenvalue weighted by Crippen LogP contribution is 2.40. The predicted molar refractivity (Wildman–Crippen MR) is 121 cm³/mol. The van der Waals surface area contributed by atoms with E-state index in [1.165, 1.54) is 11.3 Å². The maximum Gasteiger partial charge on any atom is 0.248 e. The van der Waals surface area contributed by atoms with Crippen LogP contribution in [0.1, 0.15) is 49.5 Å². The van der Waals surface area contributed by atoms with Crippen LogP contribution >= 0.6 is 11.3 Å².